The maximum Gasteiger partial charge on any atom is 0.251 e. The Morgan fingerprint density at radius 3 is 2.50 bits per heavy atom. The van der Waals surface area contributed by atoms with Crippen molar-refractivity contribution in [1.29, 1.82) is 0 Å². The second-order valence-electron chi connectivity index (χ2n) is 5.23. The molecule has 0 aliphatic heterocycles. The molecule has 1 aromatic rings. The fourth-order valence-electron chi connectivity index (χ4n) is 1.36. The maximum absolute atomic E-state index is 11.5. The number of nitrogens with one attached hydrogen (secondary N) is 2. The van der Waals surface area contributed by atoms with Crippen LogP contribution < -0.4 is 5.32 Å². The molecule has 4 nitrogen and oxygen atoms in total. The quantitative estimate of drug-likeness (QED) is 0.719. The molecule has 0 spiro atoms. The molecule has 0 saturated carbocycles. The van der Waals surface area contributed by atoms with E-state index in [0.717, 1.165) is 5.56 Å². The molecule has 16 heavy (non-hydrogen) atoms. The van der Waals surface area contributed by atoms with E-state index >= 15 is 0 Å². The molecule has 0 radical (unpaired) electrons. The fourth-order valence-corrected chi connectivity index (χ4v) is 1.36. The van der Waals surface area contributed by atoms with Gasteiger partial charge in [-0.2, -0.15) is 0 Å². The number of hydrogen-bond acceptors (Lipinski definition) is 2. The van der Waals surface area contributed by atoms with Gasteiger partial charge >= 0.3 is 0 Å². The van der Waals surface area contributed by atoms with Gasteiger partial charge in [-0.1, -0.05) is 13.8 Å². The van der Waals surface area contributed by atoms with Crippen LogP contribution in [0.1, 0.15) is 33.3 Å². The first-order chi connectivity index (χ1) is 7.23. The molecule has 0 fully saturated rings. The number of aliphatic hydroxyl groups is 1. The molecule has 0 atom stereocenters. The highest BCUT2D eigenvalue weighted by molar-refractivity contribution is 5.83. The van der Waals surface area contributed by atoms with Crippen molar-refractivity contribution >= 4 is 5.91 Å². The summed E-state index contributed by atoms with van der Waals surface area (Å²) in [6.07, 6.45) is 3.77. The van der Waals surface area contributed by atoms with Crippen molar-refractivity contribution in [3.05, 3.63) is 24.0 Å². The van der Waals surface area contributed by atoms with E-state index in [0.29, 0.717) is 6.54 Å². The Kier molecular flexibility index (Phi) is 3.43. The highest BCUT2D eigenvalue weighted by atomic mass is 16.3. The zero-order chi connectivity index (χ0) is 12.4. The lowest BCUT2D eigenvalue weighted by Gasteiger charge is -2.26. The van der Waals surface area contributed by atoms with Gasteiger partial charge in [0.15, 0.2) is 0 Å². The smallest absolute Gasteiger partial charge is 0.251 e. The third kappa shape index (κ3) is 3.10. The van der Waals surface area contributed by atoms with E-state index in [2.05, 4.69) is 10.3 Å². The molecule has 0 aliphatic carbocycles. The molecule has 1 amide bonds. The topological polar surface area (TPSA) is 65.1 Å². The summed E-state index contributed by atoms with van der Waals surface area (Å²) < 4.78 is 0. The summed E-state index contributed by atoms with van der Waals surface area (Å²) in [5, 5.41) is 12.2. The van der Waals surface area contributed by atoms with Crippen molar-refractivity contribution in [2.75, 3.05) is 6.54 Å². The largest absolute Gasteiger partial charge is 0.381 e. The van der Waals surface area contributed by atoms with Crippen molar-refractivity contribution < 1.29 is 9.90 Å². The lowest BCUT2D eigenvalue weighted by atomic mass is 9.86. The number of amides is 1. The third-order valence-corrected chi connectivity index (χ3v) is 2.63. The maximum atomic E-state index is 11.5. The summed E-state index contributed by atoms with van der Waals surface area (Å²) in [6.45, 7) is 7.53. The van der Waals surface area contributed by atoms with E-state index < -0.39 is 5.60 Å². The predicted molar refractivity (Wildman–Crippen MR) is 63.1 cm³/mol. The Morgan fingerprint density at radius 2 is 2.06 bits per heavy atom. The first-order valence-electron chi connectivity index (χ1n) is 5.37. The van der Waals surface area contributed by atoms with Gasteiger partial charge in [0.25, 0.3) is 5.91 Å². The molecular formula is C12H20N2O2. The summed E-state index contributed by atoms with van der Waals surface area (Å²) in [5.74, 6) is -0.351. The number of H-pyrrole nitrogens is 1. The minimum absolute atomic E-state index is 0.152. The van der Waals surface area contributed by atoms with Crippen molar-refractivity contribution in [3.8, 4) is 0 Å². The van der Waals surface area contributed by atoms with Gasteiger partial charge in [0, 0.05) is 24.4 Å². The number of carbonyl (C=O) groups excluding carboxylic acids is 1. The van der Waals surface area contributed by atoms with Gasteiger partial charge in [0.1, 0.15) is 5.60 Å². The fraction of sp³-hybridized carbons (Fsp3) is 0.583. The zero-order valence-corrected chi connectivity index (χ0v) is 10.3. The van der Waals surface area contributed by atoms with Gasteiger partial charge in [-0.3, -0.25) is 4.79 Å². The molecule has 1 heterocycles. The van der Waals surface area contributed by atoms with Gasteiger partial charge in [-0.25, -0.2) is 0 Å². The molecule has 0 unspecified atom stereocenters. The Balaban J connectivity index is 2.59. The van der Waals surface area contributed by atoms with E-state index in [9.17, 15) is 9.90 Å². The third-order valence-electron chi connectivity index (χ3n) is 2.63. The number of carbonyl (C=O) groups is 1. The van der Waals surface area contributed by atoms with Crippen LogP contribution in [0.15, 0.2) is 18.5 Å². The van der Waals surface area contributed by atoms with Crippen LogP contribution in [0.25, 0.3) is 0 Å². The first kappa shape index (κ1) is 12.8. The molecule has 1 rings (SSSR count). The summed E-state index contributed by atoms with van der Waals surface area (Å²) >= 11 is 0. The summed E-state index contributed by atoms with van der Waals surface area (Å²) in [7, 11) is 0. The van der Waals surface area contributed by atoms with E-state index in [1.165, 1.54) is 13.8 Å². The summed E-state index contributed by atoms with van der Waals surface area (Å²) in [4.78, 5) is 14.5. The molecule has 90 valence electrons. The monoisotopic (exact) mass is 224 g/mol. The van der Waals surface area contributed by atoms with Crippen LogP contribution in [-0.4, -0.2) is 28.1 Å². The van der Waals surface area contributed by atoms with Gasteiger partial charge in [-0.15, -0.1) is 0 Å². The van der Waals surface area contributed by atoms with E-state index in [1.807, 2.05) is 32.3 Å². The Labute approximate surface area is 96.1 Å². The van der Waals surface area contributed by atoms with Crippen LogP contribution in [-0.2, 0) is 10.2 Å². The Bertz CT molecular complexity index is 348. The average Bonchev–Trinajstić information content (AvgIpc) is 2.65. The van der Waals surface area contributed by atoms with Crippen molar-refractivity contribution in [3.63, 3.8) is 0 Å². The van der Waals surface area contributed by atoms with Crippen LogP contribution >= 0.6 is 0 Å². The number of rotatable bonds is 4. The second-order valence-corrected chi connectivity index (χ2v) is 5.23. The van der Waals surface area contributed by atoms with Crippen LogP contribution in [0.5, 0.6) is 0 Å². The van der Waals surface area contributed by atoms with Crippen LogP contribution in [0.2, 0.25) is 0 Å². The molecule has 3 N–H and O–H groups in total. The second kappa shape index (κ2) is 4.29. The highest BCUT2D eigenvalue weighted by Crippen LogP contribution is 2.21. The number of hydrogen-bond donors (Lipinski definition) is 3. The first-order valence-corrected chi connectivity index (χ1v) is 5.37. The lowest BCUT2D eigenvalue weighted by Crippen LogP contribution is -2.46. The molecule has 0 aromatic carbocycles. The Hall–Kier alpha value is -1.29. The average molecular weight is 224 g/mol. The van der Waals surface area contributed by atoms with Crippen molar-refractivity contribution in [2.45, 2.75) is 38.7 Å². The zero-order valence-electron chi connectivity index (χ0n) is 10.3. The van der Waals surface area contributed by atoms with Crippen LogP contribution in [0, 0.1) is 0 Å². The minimum Gasteiger partial charge on any atom is -0.381 e. The standard InChI is InChI=1S/C12H20N2O2/c1-11(2,9-5-6-13-7-9)8-14-10(15)12(3,4)16/h5-7,13,16H,8H2,1-4H3,(H,14,15). The van der Waals surface area contributed by atoms with Gasteiger partial charge in [0.2, 0.25) is 0 Å². The minimum atomic E-state index is -1.33. The molecule has 4 heteroatoms. The molecule has 0 bridgehead atoms. The van der Waals surface area contributed by atoms with Crippen LogP contribution in [0.3, 0.4) is 0 Å². The molecule has 0 saturated heterocycles. The molecule has 0 aliphatic rings. The molecular weight excluding hydrogens is 204 g/mol. The number of aromatic amines is 1. The predicted octanol–water partition coefficient (Wildman–Crippen LogP) is 1.18. The van der Waals surface area contributed by atoms with E-state index in [4.69, 9.17) is 0 Å². The molecule has 1 aromatic heterocycles. The van der Waals surface area contributed by atoms with Gasteiger partial charge in [-0.05, 0) is 25.5 Å². The van der Waals surface area contributed by atoms with Gasteiger partial charge in [0.05, 0.1) is 0 Å². The van der Waals surface area contributed by atoms with Crippen molar-refractivity contribution in [2.24, 2.45) is 0 Å². The normalized spacial score (nSPS) is 12.6. The van der Waals surface area contributed by atoms with E-state index in [-0.39, 0.29) is 11.3 Å². The van der Waals surface area contributed by atoms with Gasteiger partial charge < -0.3 is 15.4 Å². The summed E-state index contributed by atoms with van der Waals surface area (Å²) in [5.41, 5.74) is -0.349. The SMILES string of the molecule is CC(C)(O)C(=O)NCC(C)(C)c1cc[nH]c1. The van der Waals surface area contributed by atoms with Crippen LogP contribution in [0.4, 0.5) is 0 Å². The lowest BCUT2D eigenvalue weighted by molar-refractivity contribution is -0.136. The van der Waals surface area contributed by atoms with E-state index in [1.54, 1.807) is 0 Å². The number of aromatic nitrogens is 1. The summed E-state index contributed by atoms with van der Waals surface area (Å²) in [6, 6.07) is 1.98. The Morgan fingerprint density at radius 1 is 1.44 bits per heavy atom. The highest BCUT2D eigenvalue weighted by Gasteiger charge is 2.27. The van der Waals surface area contributed by atoms with Crippen molar-refractivity contribution in [1.82, 2.24) is 10.3 Å².